The zero-order valence-electron chi connectivity index (χ0n) is 18.2. The summed E-state index contributed by atoms with van der Waals surface area (Å²) in [5, 5.41) is 12.5. The fraction of sp³-hybridized carbons (Fsp3) is 0.192. The minimum Gasteiger partial charge on any atom is -0.493 e. The Kier molecular flexibility index (Phi) is 6.78. The molecule has 168 valence electrons. The third-order valence-corrected chi connectivity index (χ3v) is 5.16. The van der Waals surface area contributed by atoms with E-state index >= 15 is 0 Å². The summed E-state index contributed by atoms with van der Waals surface area (Å²) in [5.41, 5.74) is 3.43. The van der Waals surface area contributed by atoms with Gasteiger partial charge in [0, 0.05) is 29.5 Å². The van der Waals surface area contributed by atoms with Gasteiger partial charge in [0.1, 0.15) is 17.4 Å². The van der Waals surface area contributed by atoms with Crippen LogP contribution < -0.4 is 10.1 Å². The van der Waals surface area contributed by atoms with E-state index in [-0.39, 0.29) is 12.2 Å². The van der Waals surface area contributed by atoms with Gasteiger partial charge in [-0.1, -0.05) is 42.5 Å². The molecule has 4 rings (SSSR count). The highest BCUT2D eigenvalue weighted by Gasteiger charge is 2.12. The maximum Gasteiger partial charge on any atom is 0.303 e. The van der Waals surface area contributed by atoms with Crippen molar-refractivity contribution in [1.29, 1.82) is 0 Å². The number of aromatic nitrogens is 2. The van der Waals surface area contributed by atoms with Gasteiger partial charge in [0.15, 0.2) is 5.82 Å². The highest BCUT2D eigenvalue weighted by atomic mass is 19.1. The summed E-state index contributed by atoms with van der Waals surface area (Å²) < 4.78 is 19.6. The number of carboxylic acids is 1. The topological polar surface area (TPSA) is 84.3 Å². The molecule has 0 spiro atoms. The number of carbonyl (C=O) groups is 1. The number of hydrogen-bond donors (Lipinski definition) is 2. The minimum atomic E-state index is -0.859. The molecule has 0 saturated heterocycles. The predicted octanol–water partition coefficient (Wildman–Crippen LogP) is 5.78. The molecule has 0 aliphatic heterocycles. The zero-order chi connectivity index (χ0) is 23.2. The molecule has 0 radical (unpaired) electrons. The summed E-state index contributed by atoms with van der Waals surface area (Å²) in [4.78, 5) is 20.0. The van der Waals surface area contributed by atoms with Crippen molar-refractivity contribution in [2.75, 3.05) is 18.5 Å². The van der Waals surface area contributed by atoms with E-state index in [4.69, 9.17) is 9.84 Å². The number of benzene rings is 3. The number of ether oxygens (including phenoxy) is 1. The van der Waals surface area contributed by atoms with Gasteiger partial charge in [-0.05, 0) is 43.2 Å². The first kappa shape index (κ1) is 22.2. The molecule has 0 amide bonds. The van der Waals surface area contributed by atoms with E-state index < -0.39 is 5.97 Å². The Balaban J connectivity index is 1.66. The van der Waals surface area contributed by atoms with Crippen LogP contribution in [0.15, 0.2) is 66.7 Å². The van der Waals surface area contributed by atoms with Gasteiger partial charge < -0.3 is 15.2 Å². The molecule has 0 aliphatic rings. The fourth-order valence-electron chi connectivity index (χ4n) is 3.60. The quantitative estimate of drug-likeness (QED) is 0.318. The Bertz CT molecular complexity index is 1280. The number of carboxylic acid groups (broad SMARTS) is 1. The van der Waals surface area contributed by atoms with Crippen LogP contribution in [0.4, 0.5) is 10.2 Å². The van der Waals surface area contributed by atoms with Crippen molar-refractivity contribution in [1.82, 2.24) is 9.97 Å². The van der Waals surface area contributed by atoms with Gasteiger partial charge >= 0.3 is 5.97 Å². The van der Waals surface area contributed by atoms with Crippen LogP contribution in [0.25, 0.3) is 33.4 Å². The van der Waals surface area contributed by atoms with Crippen molar-refractivity contribution in [2.45, 2.75) is 19.8 Å². The molecule has 0 atom stereocenters. The minimum absolute atomic E-state index is 0.0436. The highest BCUT2D eigenvalue weighted by Crippen LogP contribution is 2.32. The summed E-state index contributed by atoms with van der Waals surface area (Å²) in [6.07, 6.45) is 0.474. The second-order valence-corrected chi connectivity index (χ2v) is 7.49. The van der Waals surface area contributed by atoms with Gasteiger partial charge in [-0.3, -0.25) is 4.79 Å². The first-order valence-corrected chi connectivity index (χ1v) is 10.8. The first-order chi connectivity index (χ1) is 16.0. The molecule has 0 bridgehead atoms. The van der Waals surface area contributed by atoms with E-state index in [1.54, 1.807) is 6.07 Å². The van der Waals surface area contributed by atoms with Crippen molar-refractivity contribution in [3.63, 3.8) is 0 Å². The molecule has 2 N–H and O–H groups in total. The van der Waals surface area contributed by atoms with Crippen LogP contribution in [0.1, 0.15) is 19.8 Å². The molecule has 4 aromatic rings. The summed E-state index contributed by atoms with van der Waals surface area (Å²) in [5.74, 6) is 0.557. The second-order valence-electron chi connectivity index (χ2n) is 7.49. The van der Waals surface area contributed by atoms with Crippen molar-refractivity contribution < 1.29 is 19.0 Å². The number of rotatable bonds is 9. The summed E-state index contributed by atoms with van der Waals surface area (Å²) in [6, 6.07) is 20.1. The average molecular weight is 445 g/mol. The van der Waals surface area contributed by atoms with Crippen LogP contribution in [-0.2, 0) is 4.79 Å². The number of aliphatic carboxylic acids is 1. The van der Waals surface area contributed by atoms with Crippen molar-refractivity contribution >= 4 is 22.7 Å². The van der Waals surface area contributed by atoms with Gasteiger partial charge in [0.2, 0.25) is 0 Å². The maximum absolute atomic E-state index is 13.9. The molecule has 0 saturated carbocycles. The number of halogens is 1. The summed E-state index contributed by atoms with van der Waals surface area (Å²) in [7, 11) is 0. The lowest BCUT2D eigenvalue weighted by molar-refractivity contribution is -0.137. The van der Waals surface area contributed by atoms with Crippen molar-refractivity contribution in [3.05, 3.63) is 72.5 Å². The molecule has 0 fully saturated rings. The lowest BCUT2D eigenvalue weighted by Gasteiger charge is -2.12. The smallest absolute Gasteiger partial charge is 0.303 e. The number of hydrogen-bond acceptors (Lipinski definition) is 5. The number of nitrogens with zero attached hydrogens (tertiary/aromatic N) is 2. The Hall–Kier alpha value is -4.00. The number of nitrogens with one attached hydrogen (secondary N) is 1. The summed E-state index contributed by atoms with van der Waals surface area (Å²) in [6.45, 7) is 2.94. The van der Waals surface area contributed by atoms with E-state index in [9.17, 15) is 9.18 Å². The van der Waals surface area contributed by atoms with Gasteiger partial charge in [-0.25, -0.2) is 14.4 Å². The lowest BCUT2D eigenvalue weighted by Crippen LogP contribution is -2.08. The first-order valence-electron chi connectivity index (χ1n) is 10.8. The molecule has 0 aliphatic carbocycles. The van der Waals surface area contributed by atoms with Gasteiger partial charge in [0.05, 0.1) is 12.1 Å². The lowest BCUT2D eigenvalue weighted by atomic mass is 10.0. The van der Waals surface area contributed by atoms with Gasteiger partial charge in [-0.2, -0.15) is 0 Å². The molecule has 3 aromatic carbocycles. The SMILES string of the molecule is CCOc1ccccc1-c1ccc(-c2nc(NCCCC(=O)O)c3cc(F)ccc3n2)cc1. The normalized spacial score (nSPS) is 10.8. The molecule has 7 heteroatoms. The van der Waals surface area contributed by atoms with E-state index in [1.807, 2.05) is 55.5 Å². The summed E-state index contributed by atoms with van der Waals surface area (Å²) >= 11 is 0. The average Bonchev–Trinajstić information content (AvgIpc) is 2.82. The third-order valence-electron chi connectivity index (χ3n) is 5.16. The highest BCUT2D eigenvalue weighted by molar-refractivity contribution is 5.90. The maximum atomic E-state index is 13.9. The van der Waals surface area contributed by atoms with Crippen molar-refractivity contribution in [3.8, 4) is 28.3 Å². The molecule has 1 aromatic heterocycles. The van der Waals surface area contributed by atoms with Gasteiger partial charge in [-0.15, -0.1) is 0 Å². The van der Waals surface area contributed by atoms with E-state index in [0.717, 1.165) is 22.4 Å². The van der Waals surface area contributed by atoms with E-state index in [1.165, 1.54) is 12.1 Å². The molecule has 6 nitrogen and oxygen atoms in total. The monoisotopic (exact) mass is 445 g/mol. The van der Waals surface area contributed by atoms with Crippen LogP contribution >= 0.6 is 0 Å². The molecule has 33 heavy (non-hydrogen) atoms. The predicted molar refractivity (Wildman–Crippen MR) is 127 cm³/mol. The number of para-hydroxylation sites is 1. The Labute approximate surface area is 191 Å². The van der Waals surface area contributed by atoms with E-state index in [0.29, 0.717) is 42.1 Å². The van der Waals surface area contributed by atoms with Crippen LogP contribution in [-0.4, -0.2) is 34.2 Å². The molecule has 1 heterocycles. The Morgan fingerprint density at radius 2 is 1.79 bits per heavy atom. The van der Waals surface area contributed by atoms with Crippen LogP contribution in [0, 0.1) is 5.82 Å². The Morgan fingerprint density at radius 1 is 1.03 bits per heavy atom. The standard InChI is InChI=1S/C26H24FN3O3/c1-2-33-23-7-4-3-6-20(23)17-9-11-18(12-10-17)25-29-22-14-13-19(27)16-21(22)26(30-25)28-15-5-8-24(31)32/h3-4,6-7,9-14,16H,2,5,8,15H2,1H3,(H,31,32)(H,28,29,30). The third kappa shape index (κ3) is 5.26. The molecular weight excluding hydrogens is 421 g/mol. The van der Waals surface area contributed by atoms with E-state index in [2.05, 4.69) is 15.3 Å². The second kappa shape index (κ2) is 10.1. The van der Waals surface area contributed by atoms with Crippen molar-refractivity contribution in [2.24, 2.45) is 0 Å². The van der Waals surface area contributed by atoms with Crippen LogP contribution in [0.2, 0.25) is 0 Å². The zero-order valence-corrected chi connectivity index (χ0v) is 18.2. The molecular formula is C26H24FN3O3. The van der Waals surface area contributed by atoms with Gasteiger partial charge in [0.25, 0.3) is 0 Å². The fourth-order valence-corrected chi connectivity index (χ4v) is 3.60. The van der Waals surface area contributed by atoms with Crippen LogP contribution in [0.5, 0.6) is 5.75 Å². The molecule has 0 unspecified atom stereocenters. The largest absolute Gasteiger partial charge is 0.493 e. The Morgan fingerprint density at radius 3 is 2.55 bits per heavy atom. The van der Waals surface area contributed by atoms with Crippen LogP contribution in [0.3, 0.4) is 0 Å². The number of anilines is 1. The number of fused-ring (bicyclic) bond motifs is 1.